The number of hydrogen-bond donors (Lipinski definition) is 2. The van der Waals surface area contributed by atoms with Gasteiger partial charge in [-0.15, -0.1) is 0 Å². The molecule has 0 bridgehead atoms. The molecule has 1 aromatic heterocycles. The molecule has 1 aliphatic rings. The van der Waals surface area contributed by atoms with Gasteiger partial charge in [-0.1, -0.05) is 0 Å². The van der Waals surface area contributed by atoms with Crippen molar-refractivity contribution < 1.29 is 28.6 Å². The standard InChI is InChI=1S/C17H16N4O7/c1-21-15(23)5-3-11(20-21)16(24)28-9-14(22)19-17(25)18-10-2-4-12-13(8-10)27-7-6-26-12/h2-5,8H,6-7,9H2,1H3,(H2,18,19,22,25). The molecule has 2 heterocycles. The number of aromatic nitrogens is 2. The number of urea groups is 1. The summed E-state index contributed by atoms with van der Waals surface area (Å²) in [5.74, 6) is -0.701. The topological polar surface area (TPSA) is 138 Å². The van der Waals surface area contributed by atoms with Crippen molar-refractivity contribution in [1.29, 1.82) is 0 Å². The molecule has 3 rings (SSSR count). The monoisotopic (exact) mass is 388 g/mol. The van der Waals surface area contributed by atoms with Gasteiger partial charge < -0.3 is 19.5 Å². The summed E-state index contributed by atoms with van der Waals surface area (Å²) in [7, 11) is 1.37. The molecule has 0 radical (unpaired) electrons. The van der Waals surface area contributed by atoms with Crippen LogP contribution in [0, 0.1) is 0 Å². The Hall–Kier alpha value is -3.89. The van der Waals surface area contributed by atoms with Gasteiger partial charge in [0.15, 0.2) is 23.8 Å². The summed E-state index contributed by atoms with van der Waals surface area (Å²) in [6.45, 7) is 0.150. The van der Waals surface area contributed by atoms with Gasteiger partial charge >= 0.3 is 12.0 Å². The number of nitrogens with zero attached hydrogens (tertiary/aromatic N) is 2. The van der Waals surface area contributed by atoms with E-state index in [0.29, 0.717) is 30.4 Å². The summed E-state index contributed by atoms with van der Waals surface area (Å²) < 4.78 is 16.5. The highest BCUT2D eigenvalue weighted by Crippen LogP contribution is 2.32. The van der Waals surface area contributed by atoms with Gasteiger partial charge in [0, 0.05) is 24.9 Å². The van der Waals surface area contributed by atoms with Crippen LogP contribution >= 0.6 is 0 Å². The number of fused-ring (bicyclic) bond motifs is 1. The first kappa shape index (κ1) is 18.9. The van der Waals surface area contributed by atoms with Gasteiger partial charge in [-0.25, -0.2) is 14.3 Å². The van der Waals surface area contributed by atoms with E-state index in [2.05, 4.69) is 10.4 Å². The highest BCUT2D eigenvalue weighted by Gasteiger charge is 2.16. The summed E-state index contributed by atoms with van der Waals surface area (Å²) >= 11 is 0. The molecule has 0 atom stereocenters. The molecule has 1 aliphatic heterocycles. The van der Waals surface area contributed by atoms with E-state index in [-0.39, 0.29) is 5.69 Å². The van der Waals surface area contributed by atoms with Crippen LogP contribution in [0.2, 0.25) is 0 Å². The van der Waals surface area contributed by atoms with E-state index in [4.69, 9.17) is 14.2 Å². The molecule has 28 heavy (non-hydrogen) atoms. The van der Waals surface area contributed by atoms with Crippen LogP contribution in [0.5, 0.6) is 11.5 Å². The maximum absolute atomic E-state index is 11.9. The van der Waals surface area contributed by atoms with Gasteiger partial charge in [0.25, 0.3) is 11.5 Å². The third kappa shape index (κ3) is 4.63. The van der Waals surface area contributed by atoms with Crippen LogP contribution in [0.3, 0.4) is 0 Å². The number of aryl methyl sites for hydroxylation is 1. The second-order valence-corrected chi connectivity index (χ2v) is 5.62. The first-order valence-corrected chi connectivity index (χ1v) is 8.14. The van der Waals surface area contributed by atoms with Gasteiger partial charge in [0.05, 0.1) is 0 Å². The summed E-state index contributed by atoms with van der Waals surface area (Å²) in [6.07, 6.45) is 0. The summed E-state index contributed by atoms with van der Waals surface area (Å²) in [6, 6.07) is 6.29. The number of carbonyl (C=O) groups excluding carboxylic acids is 3. The molecular formula is C17H16N4O7. The Morgan fingerprint density at radius 3 is 2.64 bits per heavy atom. The molecule has 3 amide bonds. The van der Waals surface area contributed by atoms with E-state index in [0.717, 1.165) is 10.7 Å². The van der Waals surface area contributed by atoms with E-state index < -0.39 is 30.1 Å². The van der Waals surface area contributed by atoms with E-state index in [1.54, 1.807) is 18.2 Å². The fourth-order valence-corrected chi connectivity index (χ4v) is 2.26. The summed E-state index contributed by atoms with van der Waals surface area (Å²) in [5, 5.41) is 8.18. The number of carbonyl (C=O) groups is 3. The molecule has 0 saturated carbocycles. The molecule has 0 unspecified atom stereocenters. The second-order valence-electron chi connectivity index (χ2n) is 5.62. The van der Waals surface area contributed by atoms with Crippen molar-refractivity contribution in [3.63, 3.8) is 0 Å². The molecule has 2 aromatic rings. The largest absolute Gasteiger partial charge is 0.486 e. The van der Waals surface area contributed by atoms with Crippen LogP contribution in [0.1, 0.15) is 10.5 Å². The van der Waals surface area contributed by atoms with E-state index in [1.807, 2.05) is 5.32 Å². The van der Waals surface area contributed by atoms with Gasteiger partial charge in [-0.05, 0) is 18.2 Å². The molecule has 2 N–H and O–H groups in total. The minimum atomic E-state index is -0.905. The van der Waals surface area contributed by atoms with Crippen LogP contribution in [0.15, 0.2) is 35.1 Å². The highest BCUT2D eigenvalue weighted by molar-refractivity contribution is 6.02. The Kier molecular flexibility index (Phi) is 5.53. The molecule has 0 fully saturated rings. The van der Waals surface area contributed by atoms with Crippen molar-refractivity contribution in [2.45, 2.75) is 0 Å². The van der Waals surface area contributed by atoms with Crippen molar-refractivity contribution in [3.8, 4) is 11.5 Å². The van der Waals surface area contributed by atoms with Crippen molar-refractivity contribution in [2.24, 2.45) is 7.05 Å². The second kappa shape index (κ2) is 8.20. The van der Waals surface area contributed by atoms with Crippen molar-refractivity contribution in [3.05, 3.63) is 46.4 Å². The number of ether oxygens (including phenoxy) is 3. The Morgan fingerprint density at radius 2 is 1.89 bits per heavy atom. The van der Waals surface area contributed by atoms with Crippen LogP contribution in [-0.4, -0.2) is 47.5 Å². The number of hydrogen-bond acceptors (Lipinski definition) is 8. The molecule has 0 saturated heterocycles. The fourth-order valence-electron chi connectivity index (χ4n) is 2.26. The molecule has 11 heteroatoms. The molecule has 0 aliphatic carbocycles. The van der Waals surface area contributed by atoms with Gasteiger partial charge in [0.2, 0.25) is 0 Å². The number of nitrogens with one attached hydrogen (secondary N) is 2. The highest BCUT2D eigenvalue weighted by atomic mass is 16.6. The lowest BCUT2D eigenvalue weighted by molar-refractivity contribution is -0.123. The third-order valence-corrected chi connectivity index (χ3v) is 3.56. The Labute approximate surface area is 158 Å². The molecular weight excluding hydrogens is 372 g/mol. The maximum atomic E-state index is 11.9. The van der Waals surface area contributed by atoms with Crippen molar-refractivity contribution in [1.82, 2.24) is 15.1 Å². The molecule has 1 aromatic carbocycles. The first-order chi connectivity index (χ1) is 13.4. The maximum Gasteiger partial charge on any atom is 0.359 e. The smallest absolute Gasteiger partial charge is 0.359 e. The molecule has 0 spiro atoms. The van der Waals surface area contributed by atoms with Crippen LogP contribution in [0.25, 0.3) is 0 Å². The predicted molar refractivity (Wildman–Crippen MR) is 94.4 cm³/mol. The number of esters is 1. The van der Waals surface area contributed by atoms with Crippen LogP contribution in [-0.2, 0) is 16.6 Å². The Bertz CT molecular complexity index is 986. The van der Waals surface area contributed by atoms with Gasteiger partial charge in [-0.3, -0.25) is 14.9 Å². The fraction of sp³-hybridized carbons (Fsp3) is 0.235. The zero-order chi connectivity index (χ0) is 20.1. The molecule has 11 nitrogen and oxygen atoms in total. The predicted octanol–water partition coefficient (Wildman–Crippen LogP) is 0.0566. The van der Waals surface area contributed by atoms with Gasteiger partial charge in [-0.2, -0.15) is 5.10 Å². The van der Waals surface area contributed by atoms with Crippen LogP contribution < -0.4 is 25.7 Å². The van der Waals surface area contributed by atoms with Crippen molar-refractivity contribution in [2.75, 3.05) is 25.1 Å². The summed E-state index contributed by atoms with van der Waals surface area (Å²) in [4.78, 5) is 46.7. The first-order valence-electron chi connectivity index (χ1n) is 8.14. The minimum Gasteiger partial charge on any atom is -0.486 e. The van der Waals surface area contributed by atoms with Gasteiger partial charge in [0.1, 0.15) is 13.2 Å². The lowest BCUT2D eigenvalue weighted by Gasteiger charge is -2.19. The number of amides is 3. The number of benzene rings is 1. The number of rotatable bonds is 4. The van der Waals surface area contributed by atoms with E-state index in [1.165, 1.54) is 13.1 Å². The quantitative estimate of drug-likeness (QED) is 0.701. The summed E-state index contributed by atoms with van der Waals surface area (Å²) in [5.41, 5.74) is -0.151. The molecule has 146 valence electrons. The lowest BCUT2D eigenvalue weighted by Crippen LogP contribution is -2.37. The lowest BCUT2D eigenvalue weighted by atomic mass is 10.2. The SMILES string of the molecule is Cn1nc(C(=O)OCC(=O)NC(=O)Nc2ccc3c(c2)OCCO3)ccc1=O. The number of anilines is 1. The minimum absolute atomic E-state index is 0.143. The zero-order valence-electron chi connectivity index (χ0n) is 14.8. The normalized spacial score (nSPS) is 12.0. The zero-order valence-corrected chi connectivity index (χ0v) is 14.8. The Morgan fingerprint density at radius 1 is 1.14 bits per heavy atom. The van der Waals surface area contributed by atoms with Crippen LogP contribution in [0.4, 0.5) is 10.5 Å². The van der Waals surface area contributed by atoms with E-state index in [9.17, 15) is 19.2 Å². The van der Waals surface area contributed by atoms with E-state index >= 15 is 0 Å². The average molecular weight is 388 g/mol. The third-order valence-electron chi connectivity index (χ3n) is 3.56. The Balaban J connectivity index is 1.49. The average Bonchev–Trinajstić information content (AvgIpc) is 2.68. The number of imide groups is 1. The van der Waals surface area contributed by atoms with Crippen molar-refractivity contribution >= 4 is 23.6 Å².